The van der Waals surface area contributed by atoms with Crippen molar-refractivity contribution in [1.29, 1.82) is 0 Å². The summed E-state index contributed by atoms with van der Waals surface area (Å²) in [6.45, 7) is 5.37. The zero-order valence-corrected chi connectivity index (χ0v) is 11.2. The Kier molecular flexibility index (Phi) is 10.9. The van der Waals surface area contributed by atoms with Crippen LogP contribution in [0.15, 0.2) is 0 Å². The Labute approximate surface area is 98.7 Å². The van der Waals surface area contributed by atoms with Gasteiger partial charge in [-0.1, -0.05) is 0 Å². The summed E-state index contributed by atoms with van der Waals surface area (Å²) < 4.78 is 5.34. The van der Waals surface area contributed by atoms with Crippen LogP contribution in [-0.4, -0.2) is 56.3 Å². The minimum atomic E-state index is 0.512. The molecule has 0 saturated heterocycles. The van der Waals surface area contributed by atoms with Crippen molar-refractivity contribution < 1.29 is 4.74 Å². The number of nitrogens with zero attached hydrogens (tertiary/aromatic N) is 1. The van der Waals surface area contributed by atoms with Crippen LogP contribution in [0.5, 0.6) is 0 Å². The van der Waals surface area contributed by atoms with Crippen LogP contribution >= 0.6 is 11.8 Å². The molecule has 3 nitrogen and oxygen atoms in total. The molecule has 0 aromatic heterocycles. The van der Waals surface area contributed by atoms with Crippen molar-refractivity contribution in [2.75, 3.05) is 45.4 Å². The molecule has 0 aliphatic heterocycles. The molecule has 0 bridgehead atoms. The Balaban J connectivity index is 3.62. The van der Waals surface area contributed by atoms with E-state index in [0.29, 0.717) is 6.04 Å². The Bertz CT molecular complexity index is 136. The predicted octanol–water partition coefficient (Wildman–Crippen LogP) is 1.43. The van der Waals surface area contributed by atoms with E-state index in [9.17, 15) is 0 Å². The minimum absolute atomic E-state index is 0.512. The largest absolute Gasteiger partial charge is 0.380 e. The molecule has 1 unspecified atom stereocenters. The maximum atomic E-state index is 5.77. The van der Waals surface area contributed by atoms with E-state index < -0.39 is 0 Å². The highest BCUT2D eigenvalue weighted by Crippen LogP contribution is 2.07. The maximum absolute atomic E-state index is 5.77. The van der Waals surface area contributed by atoms with Crippen molar-refractivity contribution in [3.63, 3.8) is 0 Å². The van der Waals surface area contributed by atoms with E-state index in [1.807, 2.05) is 18.7 Å². The summed E-state index contributed by atoms with van der Waals surface area (Å²) in [5, 5.41) is 0. The number of hydrogen-bond donors (Lipinski definition) is 1. The molecule has 0 heterocycles. The molecule has 0 aliphatic carbocycles. The van der Waals surface area contributed by atoms with Gasteiger partial charge in [0.2, 0.25) is 0 Å². The summed E-state index contributed by atoms with van der Waals surface area (Å²) in [6.07, 6.45) is 4.60. The third-order valence-electron chi connectivity index (χ3n) is 2.57. The fourth-order valence-electron chi connectivity index (χ4n) is 1.52. The molecule has 0 saturated carbocycles. The lowest BCUT2D eigenvalue weighted by Gasteiger charge is -2.26. The summed E-state index contributed by atoms with van der Waals surface area (Å²) in [5.74, 6) is 1.23. The lowest BCUT2D eigenvalue weighted by Crippen LogP contribution is -2.39. The minimum Gasteiger partial charge on any atom is -0.380 e. The molecular weight excluding hydrogens is 208 g/mol. The van der Waals surface area contributed by atoms with Crippen LogP contribution in [-0.2, 0) is 4.74 Å². The molecule has 0 rings (SSSR count). The van der Waals surface area contributed by atoms with Crippen molar-refractivity contribution in [1.82, 2.24) is 4.90 Å². The van der Waals surface area contributed by atoms with Gasteiger partial charge in [-0.05, 0) is 38.8 Å². The van der Waals surface area contributed by atoms with Gasteiger partial charge in [0.25, 0.3) is 0 Å². The normalized spacial score (nSPS) is 13.4. The van der Waals surface area contributed by atoms with Crippen LogP contribution in [0.4, 0.5) is 0 Å². The van der Waals surface area contributed by atoms with Crippen molar-refractivity contribution in [3.8, 4) is 0 Å². The van der Waals surface area contributed by atoms with E-state index in [0.717, 1.165) is 26.3 Å². The van der Waals surface area contributed by atoms with Gasteiger partial charge < -0.3 is 10.5 Å². The lowest BCUT2D eigenvalue weighted by atomic mass is 10.1. The molecule has 0 fully saturated rings. The first kappa shape index (κ1) is 15.2. The van der Waals surface area contributed by atoms with Crippen LogP contribution in [0, 0.1) is 0 Å². The van der Waals surface area contributed by atoms with Crippen molar-refractivity contribution >= 4 is 11.8 Å². The first-order valence-electron chi connectivity index (χ1n) is 5.73. The van der Waals surface area contributed by atoms with Gasteiger partial charge in [-0.25, -0.2) is 0 Å². The molecule has 0 aromatic carbocycles. The number of likely N-dealkylation sites (N-methyl/N-ethyl adjacent to an activating group) is 1. The number of rotatable bonds is 10. The summed E-state index contributed by atoms with van der Waals surface area (Å²) in [4.78, 5) is 2.32. The van der Waals surface area contributed by atoms with Gasteiger partial charge in [-0.2, -0.15) is 11.8 Å². The zero-order chi connectivity index (χ0) is 11.5. The van der Waals surface area contributed by atoms with Gasteiger partial charge in [0.1, 0.15) is 0 Å². The Morgan fingerprint density at radius 1 is 1.47 bits per heavy atom. The Morgan fingerprint density at radius 3 is 2.73 bits per heavy atom. The standard InChI is InChI=1S/C11H26N2OS/c1-4-14-8-7-13(2)11(10-12)6-5-9-15-3/h11H,4-10,12H2,1-3H3. The van der Waals surface area contributed by atoms with Crippen LogP contribution in [0.2, 0.25) is 0 Å². The topological polar surface area (TPSA) is 38.5 Å². The molecule has 0 radical (unpaired) electrons. The van der Waals surface area contributed by atoms with Gasteiger partial charge in [0.15, 0.2) is 0 Å². The highest BCUT2D eigenvalue weighted by atomic mass is 32.2. The highest BCUT2D eigenvalue weighted by molar-refractivity contribution is 7.98. The number of ether oxygens (including phenoxy) is 1. The van der Waals surface area contributed by atoms with Gasteiger partial charge in [0, 0.05) is 25.7 Å². The summed E-state index contributed by atoms with van der Waals surface area (Å²) in [5.41, 5.74) is 5.77. The molecule has 0 aliphatic rings. The maximum Gasteiger partial charge on any atom is 0.0593 e. The van der Waals surface area contributed by atoms with Crippen molar-refractivity contribution in [2.45, 2.75) is 25.8 Å². The third-order valence-corrected chi connectivity index (χ3v) is 3.27. The average molecular weight is 234 g/mol. The Hall–Kier alpha value is 0.230. The number of hydrogen-bond acceptors (Lipinski definition) is 4. The molecule has 15 heavy (non-hydrogen) atoms. The monoisotopic (exact) mass is 234 g/mol. The summed E-state index contributed by atoms with van der Waals surface area (Å²) in [7, 11) is 2.13. The molecule has 0 amide bonds. The quantitative estimate of drug-likeness (QED) is 0.580. The second-order valence-corrected chi connectivity index (χ2v) is 4.69. The smallest absolute Gasteiger partial charge is 0.0593 e. The second-order valence-electron chi connectivity index (χ2n) is 3.70. The van der Waals surface area contributed by atoms with E-state index in [2.05, 4.69) is 18.2 Å². The predicted molar refractivity (Wildman–Crippen MR) is 69.6 cm³/mol. The molecule has 92 valence electrons. The van der Waals surface area contributed by atoms with E-state index in [1.54, 1.807) is 0 Å². The molecule has 2 N–H and O–H groups in total. The molecule has 0 aromatic rings. The van der Waals surface area contributed by atoms with Crippen molar-refractivity contribution in [2.24, 2.45) is 5.73 Å². The first-order chi connectivity index (χ1) is 7.26. The van der Waals surface area contributed by atoms with Gasteiger partial charge in [0.05, 0.1) is 6.61 Å². The number of thioether (sulfide) groups is 1. The lowest BCUT2D eigenvalue weighted by molar-refractivity contribution is 0.106. The molecule has 0 spiro atoms. The Morgan fingerprint density at radius 2 is 2.20 bits per heavy atom. The van der Waals surface area contributed by atoms with Gasteiger partial charge in [-0.3, -0.25) is 4.90 Å². The average Bonchev–Trinajstić information content (AvgIpc) is 2.24. The third kappa shape index (κ3) is 8.08. The number of nitrogens with two attached hydrogens (primary N) is 1. The van der Waals surface area contributed by atoms with E-state index in [4.69, 9.17) is 10.5 Å². The molecular formula is C11H26N2OS. The van der Waals surface area contributed by atoms with E-state index in [1.165, 1.54) is 18.6 Å². The van der Waals surface area contributed by atoms with Gasteiger partial charge in [-0.15, -0.1) is 0 Å². The summed E-state index contributed by atoms with van der Waals surface area (Å²) >= 11 is 1.90. The second kappa shape index (κ2) is 10.7. The zero-order valence-electron chi connectivity index (χ0n) is 10.4. The van der Waals surface area contributed by atoms with Crippen molar-refractivity contribution in [3.05, 3.63) is 0 Å². The van der Waals surface area contributed by atoms with Crippen LogP contribution in [0.3, 0.4) is 0 Å². The fraction of sp³-hybridized carbons (Fsp3) is 1.00. The van der Waals surface area contributed by atoms with Crippen LogP contribution in [0.25, 0.3) is 0 Å². The van der Waals surface area contributed by atoms with Crippen LogP contribution < -0.4 is 5.73 Å². The first-order valence-corrected chi connectivity index (χ1v) is 7.12. The van der Waals surface area contributed by atoms with Crippen LogP contribution in [0.1, 0.15) is 19.8 Å². The van der Waals surface area contributed by atoms with E-state index >= 15 is 0 Å². The molecule has 1 atom stereocenters. The van der Waals surface area contributed by atoms with E-state index in [-0.39, 0.29) is 0 Å². The fourth-order valence-corrected chi connectivity index (χ4v) is 1.97. The SMILES string of the molecule is CCOCCN(C)C(CN)CCCSC. The highest BCUT2D eigenvalue weighted by Gasteiger charge is 2.11. The van der Waals surface area contributed by atoms with Gasteiger partial charge >= 0.3 is 0 Å². The molecule has 4 heteroatoms. The summed E-state index contributed by atoms with van der Waals surface area (Å²) in [6, 6.07) is 0.512.